The highest BCUT2D eigenvalue weighted by Crippen LogP contribution is 2.48. The highest BCUT2D eigenvalue weighted by Gasteiger charge is 2.37. The molecule has 28 heavy (non-hydrogen) atoms. The highest BCUT2D eigenvalue weighted by atomic mass is 35.5. The zero-order valence-electron chi connectivity index (χ0n) is 15.6. The Bertz CT molecular complexity index is 719. The van der Waals surface area contributed by atoms with Crippen LogP contribution in [0.1, 0.15) is 16.7 Å². The van der Waals surface area contributed by atoms with Gasteiger partial charge < -0.3 is 11.5 Å². The predicted molar refractivity (Wildman–Crippen MR) is 129 cm³/mol. The zero-order chi connectivity index (χ0) is 19.1. The smallest absolute Gasteiger partial charge is 0.0907 e. The summed E-state index contributed by atoms with van der Waals surface area (Å²) in [5.41, 5.74) is 16.2. The Hall–Kier alpha value is -1.43. The summed E-state index contributed by atoms with van der Waals surface area (Å²) in [6, 6.07) is 31.6. The van der Waals surface area contributed by atoms with Crippen molar-refractivity contribution in [3.05, 3.63) is 108 Å². The van der Waals surface area contributed by atoms with Crippen molar-refractivity contribution in [2.24, 2.45) is 11.5 Å². The van der Waals surface area contributed by atoms with E-state index in [-0.39, 0.29) is 29.2 Å². The van der Waals surface area contributed by atoms with Gasteiger partial charge in [0.05, 0.1) is 4.75 Å². The molecule has 0 aliphatic carbocycles. The molecule has 2 nitrogen and oxygen atoms in total. The lowest BCUT2D eigenvalue weighted by molar-refractivity contribution is 0.618. The quantitative estimate of drug-likeness (QED) is 0.358. The fraction of sp³-hybridized carbons (Fsp3) is 0.217. The van der Waals surface area contributed by atoms with E-state index in [1.807, 2.05) is 11.8 Å². The van der Waals surface area contributed by atoms with Crippen molar-refractivity contribution in [3.8, 4) is 0 Å². The van der Waals surface area contributed by atoms with Gasteiger partial charge in [-0.25, -0.2) is 0 Å². The van der Waals surface area contributed by atoms with E-state index in [0.29, 0.717) is 5.75 Å². The minimum absolute atomic E-state index is 0. The molecule has 0 radical (unpaired) electrons. The lowest BCUT2D eigenvalue weighted by atomic mass is 9.84. The second-order valence-electron chi connectivity index (χ2n) is 6.60. The Labute approximate surface area is 183 Å². The molecular weight excluding hydrogens is 404 g/mol. The first-order chi connectivity index (χ1) is 13.2. The van der Waals surface area contributed by atoms with Crippen LogP contribution in [0.5, 0.6) is 0 Å². The first-order valence-electron chi connectivity index (χ1n) is 9.11. The molecule has 148 valence electrons. The van der Waals surface area contributed by atoms with Gasteiger partial charge in [0.2, 0.25) is 0 Å². The molecule has 2 atom stereocenters. The topological polar surface area (TPSA) is 52.0 Å². The van der Waals surface area contributed by atoms with Crippen LogP contribution in [0.15, 0.2) is 91.0 Å². The molecule has 0 amide bonds. The molecule has 3 aromatic carbocycles. The summed E-state index contributed by atoms with van der Waals surface area (Å²) in [6.45, 7) is 0. The maximum atomic E-state index is 6.37. The molecule has 0 aliphatic heterocycles. The minimum atomic E-state index is -0.349. The van der Waals surface area contributed by atoms with Gasteiger partial charge in [-0.3, -0.25) is 0 Å². The van der Waals surface area contributed by atoms with Gasteiger partial charge in [0.25, 0.3) is 0 Å². The van der Waals surface area contributed by atoms with E-state index >= 15 is 0 Å². The first-order valence-corrected chi connectivity index (χ1v) is 10.7. The second kappa shape index (κ2) is 10.9. The van der Waals surface area contributed by atoms with Gasteiger partial charge in [0.1, 0.15) is 0 Å². The van der Waals surface area contributed by atoms with E-state index in [1.165, 1.54) is 16.7 Å². The molecule has 0 heterocycles. The average Bonchev–Trinajstić information content (AvgIpc) is 2.75. The number of hydrogen-bond donors (Lipinski definition) is 3. The monoisotopic (exact) mass is 430 g/mol. The first kappa shape index (κ1) is 22.9. The third-order valence-corrected chi connectivity index (χ3v) is 6.91. The van der Waals surface area contributed by atoms with E-state index in [4.69, 9.17) is 11.5 Å². The van der Waals surface area contributed by atoms with Crippen LogP contribution in [0, 0.1) is 0 Å². The normalized spacial score (nSPS) is 13.4. The molecular formula is C23H27ClN2S2. The number of thioether (sulfide) groups is 1. The van der Waals surface area contributed by atoms with Crippen LogP contribution in [0.4, 0.5) is 0 Å². The summed E-state index contributed by atoms with van der Waals surface area (Å²) in [4.78, 5) is 0. The second-order valence-corrected chi connectivity index (χ2v) is 8.20. The fourth-order valence-corrected chi connectivity index (χ4v) is 5.12. The zero-order valence-corrected chi connectivity index (χ0v) is 18.2. The van der Waals surface area contributed by atoms with Gasteiger partial charge in [0, 0.05) is 23.6 Å². The lowest BCUT2D eigenvalue weighted by Gasteiger charge is -2.36. The summed E-state index contributed by atoms with van der Waals surface area (Å²) in [6.07, 6.45) is 0. The molecule has 0 aliphatic rings. The molecule has 3 aromatic rings. The Morgan fingerprint density at radius 1 is 0.679 bits per heavy atom. The number of benzene rings is 3. The molecule has 0 bridgehead atoms. The van der Waals surface area contributed by atoms with Gasteiger partial charge in [-0.15, -0.1) is 24.2 Å². The number of hydrogen-bond acceptors (Lipinski definition) is 4. The van der Waals surface area contributed by atoms with Crippen molar-refractivity contribution in [2.75, 3.05) is 11.5 Å². The number of thiol groups is 1. The van der Waals surface area contributed by atoms with Crippen molar-refractivity contribution >= 4 is 36.8 Å². The summed E-state index contributed by atoms with van der Waals surface area (Å²) < 4.78 is -0.349. The lowest BCUT2D eigenvalue weighted by Crippen LogP contribution is -2.45. The maximum absolute atomic E-state index is 6.37. The van der Waals surface area contributed by atoms with Crippen molar-refractivity contribution in [2.45, 2.75) is 16.8 Å². The predicted octanol–water partition coefficient (Wildman–Crippen LogP) is 4.72. The van der Waals surface area contributed by atoms with Crippen LogP contribution < -0.4 is 11.5 Å². The molecule has 2 unspecified atom stereocenters. The Balaban J connectivity index is 0.00000280. The molecule has 0 saturated heterocycles. The minimum Gasteiger partial charge on any atom is -0.326 e. The fourth-order valence-electron chi connectivity index (χ4n) is 3.25. The summed E-state index contributed by atoms with van der Waals surface area (Å²) in [5.74, 6) is 1.32. The van der Waals surface area contributed by atoms with Gasteiger partial charge in [-0.05, 0) is 16.7 Å². The van der Waals surface area contributed by atoms with E-state index in [1.54, 1.807) is 0 Å². The van der Waals surface area contributed by atoms with E-state index < -0.39 is 0 Å². The molecule has 4 N–H and O–H groups in total. The molecule has 0 aromatic heterocycles. The van der Waals surface area contributed by atoms with Crippen molar-refractivity contribution in [3.63, 3.8) is 0 Å². The van der Waals surface area contributed by atoms with E-state index in [0.717, 1.165) is 5.75 Å². The SMILES string of the molecule is Cl.NC(CS)C(N)CSC(c1ccccc1)(c1ccccc1)c1ccccc1. The van der Waals surface area contributed by atoms with Crippen molar-refractivity contribution in [1.82, 2.24) is 0 Å². The van der Waals surface area contributed by atoms with Crippen LogP contribution in [-0.4, -0.2) is 23.6 Å². The summed E-state index contributed by atoms with van der Waals surface area (Å²) in [7, 11) is 0. The molecule has 0 fully saturated rings. The van der Waals surface area contributed by atoms with Crippen LogP contribution in [0.25, 0.3) is 0 Å². The summed E-state index contributed by atoms with van der Waals surface area (Å²) >= 11 is 6.16. The Kier molecular flexibility index (Phi) is 8.93. The van der Waals surface area contributed by atoms with E-state index in [9.17, 15) is 0 Å². The molecule has 0 spiro atoms. The van der Waals surface area contributed by atoms with Crippen molar-refractivity contribution < 1.29 is 0 Å². The third-order valence-electron chi connectivity index (χ3n) is 4.79. The van der Waals surface area contributed by atoms with Crippen LogP contribution >= 0.6 is 36.8 Å². The third kappa shape index (κ3) is 4.94. The number of nitrogens with two attached hydrogens (primary N) is 2. The van der Waals surface area contributed by atoms with Crippen LogP contribution in [0.2, 0.25) is 0 Å². The van der Waals surface area contributed by atoms with Crippen LogP contribution in [0.3, 0.4) is 0 Å². The van der Waals surface area contributed by atoms with Crippen molar-refractivity contribution in [1.29, 1.82) is 0 Å². The Morgan fingerprint density at radius 2 is 1.04 bits per heavy atom. The maximum Gasteiger partial charge on any atom is 0.0907 e. The largest absolute Gasteiger partial charge is 0.326 e. The Morgan fingerprint density at radius 3 is 1.36 bits per heavy atom. The number of halogens is 1. The average molecular weight is 431 g/mol. The molecule has 3 rings (SSSR count). The van der Waals surface area contributed by atoms with Crippen LogP contribution in [-0.2, 0) is 4.75 Å². The number of rotatable bonds is 8. The highest BCUT2D eigenvalue weighted by molar-refractivity contribution is 8.00. The standard InChI is InChI=1S/C23H26N2S2.ClH/c24-21(16-26)22(25)17-27-23(18-10-4-1-5-11-18,19-12-6-2-7-13-19)20-14-8-3-9-15-20;/h1-15,21-22,26H,16-17,24-25H2;1H. The van der Waals surface area contributed by atoms with Gasteiger partial charge in [0.15, 0.2) is 0 Å². The molecule has 0 saturated carbocycles. The molecule has 5 heteroatoms. The summed E-state index contributed by atoms with van der Waals surface area (Å²) in [5, 5.41) is 0. The van der Waals surface area contributed by atoms with Gasteiger partial charge in [-0.1, -0.05) is 91.0 Å². The van der Waals surface area contributed by atoms with Gasteiger partial charge >= 0.3 is 0 Å². The van der Waals surface area contributed by atoms with Gasteiger partial charge in [-0.2, -0.15) is 12.6 Å². The van der Waals surface area contributed by atoms with E-state index in [2.05, 4.69) is 104 Å².